The van der Waals surface area contributed by atoms with Gasteiger partial charge in [0.15, 0.2) is 0 Å². The van der Waals surface area contributed by atoms with Crippen LogP contribution in [0.1, 0.15) is 60.9 Å². The van der Waals surface area contributed by atoms with Crippen LogP contribution in [0.25, 0.3) is 0 Å². The fraction of sp³-hybridized carbons (Fsp3) is 0.520. The number of halogens is 1. The second-order valence-electron chi connectivity index (χ2n) is 9.37. The molecule has 4 rings (SSSR count). The lowest BCUT2D eigenvalue weighted by Gasteiger charge is -2.34. The van der Waals surface area contributed by atoms with E-state index >= 15 is 0 Å². The molecule has 1 fully saturated rings. The van der Waals surface area contributed by atoms with Gasteiger partial charge in [-0.25, -0.2) is 9.37 Å². The van der Waals surface area contributed by atoms with Crippen LogP contribution < -0.4 is 10.2 Å². The number of methoxy groups -OCH3 is 1. The molecule has 1 N–H and O–H groups in total. The Hall–Kier alpha value is -3.27. The molecule has 0 radical (unpaired) electrons. The Morgan fingerprint density at radius 1 is 1.17 bits per heavy atom. The van der Waals surface area contributed by atoms with Crippen molar-refractivity contribution < 1.29 is 18.7 Å². The highest BCUT2D eigenvalue weighted by molar-refractivity contribution is 5.98. The average Bonchev–Trinajstić information content (AvgIpc) is 3.17. The summed E-state index contributed by atoms with van der Waals surface area (Å²) >= 11 is 0. The van der Waals surface area contributed by atoms with Crippen molar-refractivity contribution >= 4 is 23.6 Å². The summed E-state index contributed by atoms with van der Waals surface area (Å²) in [5, 5.41) is 3.40. The molecule has 2 amide bonds. The molecule has 1 unspecified atom stereocenters. The molecular weight excluding hydrogens is 451 g/mol. The summed E-state index contributed by atoms with van der Waals surface area (Å²) in [4.78, 5) is 39.9. The predicted molar refractivity (Wildman–Crippen MR) is 131 cm³/mol. The van der Waals surface area contributed by atoms with Gasteiger partial charge < -0.3 is 24.8 Å². The van der Waals surface area contributed by atoms with E-state index < -0.39 is 0 Å². The Balaban J connectivity index is 1.64. The Bertz CT molecular complexity index is 1120. The maximum Gasteiger partial charge on any atom is 0.273 e. The summed E-state index contributed by atoms with van der Waals surface area (Å²) < 4.78 is 19.6. The number of carbonyl (C=O) groups is 2. The molecule has 1 atom stereocenters. The molecule has 1 saturated heterocycles. The van der Waals surface area contributed by atoms with Crippen molar-refractivity contribution in [2.45, 2.75) is 52.9 Å². The van der Waals surface area contributed by atoms with E-state index in [0.717, 1.165) is 11.1 Å². The molecule has 35 heavy (non-hydrogen) atoms. The fourth-order valence-corrected chi connectivity index (χ4v) is 4.47. The molecule has 1 aromatic carbocycles. The van der Waals surface area contributed by atoms with E-state index in [9.17, 15) is 14.0 Å². The highest BCUT2D eigenvalue weighted by Gasteiger charge is 2.35. The zero-order valence-corrected chi connectivity index (χ0v) is 21.0. The van der Waals surface area contributed by atoms with Crippen molar-refractivity contribution in [3.05, 3.63) is 46.4 Å². The molecule has 10 heteroatoms. The number of rotatable bonds is 7. The van der Waals surface area contributed by atoms with E-state index in [1.54, 1.807) is 22.8 Å². The van der Waals surface area contributed by atoms with Crippen LogP contribution in [-0.4, -0.2) is 70.9 Å². The number of carbonyl (C=O) groups excluding carboxylic acids is 2. The van der Waals surface area contributed by atoms with Gasteiger partial charge in [0.2, 0.25) is 11.9 Å². The highest BCUT2D eigenvalue weighted by atomic mass is 19.1. The largest absolute Gasteiger partial charge is 0.380 e. The molecule has 0 aliphatic carbocycles. The Labute approximate surface area is 205 Å². The fourth-order valence-electron chi connectivity index (χ4n) is 4.47. The number of anilines is 2. The molecule has 3 heterocycles. The van der Waals surface area contributed by atoms with Crippen LogP contribution in [0.4, 0.5) is 16.2 Å². The van der Waals surface area contributed by atoms with Crippen molar-refractivity contribution in [2.24, 2.45) is 0 Å². The van der Waals surface area contributed by atoms with Gasteiger partial charge in [0.05, 0.1) is 19.2 Å². The number of piperazine rings is 1. The normalized spacial score (nSPS) is 16.7. The van der Waals surface area contributed by atoms with Crippen LogP contribution >= 0.6 is 0 Å². The molecule has 2 aliphatic heterocycles. The van der Waals surface area contributed by atoms with E-state index in [1.165, 1.54) is 13.2 Å². The Morgan fingerprint density at radius 3 is 2.49 bits per heavy atom. The molecule has 2 aliphatic rings. The summed E-state index contributed by atoms with van der Waals surface area (Å²) in [6, 6.07) is 4.85. The minimum absolute atomic E-state index is 0.0203. The quantitative estimate of drug-likeness (QED) is 0.646. The first-order valence-corrected chi connectivity index (χ1v) is 12.0. The summed E-state index contributed by atoms with van der Waals surface area (Å²) in [7, 11) is 1.53. The van der Waals surface area contributed by atoms with Gasteiger partial charge in [-0.05, 0) is 32.4 Å². The van der Waals surface area contributed by atoms with E-state index in [1.807, 2.05) is 31.7 Å². The number of hydrogen-bond donors (Lipinski definition) is 1. The summed E-state index contributed by atoms with van der Waals surface area (Å²) in [6.45, 7) is 10.4. The summed E-state index contributed by atoms with van der Waals surface area (Å²) in [5.74, 6) is 0.636. The molecule has 9 nitrogen and oxygen atoms in total. The molecule has 188 valence electrons. The number of nitrogens with zero attached hydrogens (tertiary/aromatic N) is 5. The molecule has 2 aromatic rings. The van der Waals surface area contributed by atoms with E-state index in [4.69, 9.17) is 9.72 Å². The van der Waals surface area contributed by atoms with Gasteiger partial charge in [-0.2, -0.15) is 4.98 Å². The summed E-state index contributed by atoms with van der Waals surface area (Å²) in [6.07, 6.45) is 0. The Morgan fingerprint density at radius 2 is 1.89 bits per heavy atom. The molecule has 0 spiro atoms. The Kier molecular flexibility index (Phi) is 7.20. The summed E-state index contributed by atoms with van der Waals surface area (Å²) in [5.41, 5.74) is 2.40. The SMILES string of the molecule is COCc1ccc(C(C)Nc2nc(N3CCN(C(C)=O)CC3)nc3c2CN(C(C)C)C3=O)cc1F. The lowest BCUT2D eigenvalue weighted by molar-refractivity contribution is -0.129. The topological polar surface area (TPSA) is 90.9 Å². The average molecular weight is 485 g/mol. The van der Waals surface area contributed by atoms with Crippen LogP contribution in [-0.2, 0) is 22.7 Å². The monoisotopic (exact) mass is 484 g/mol. The maximum absolute atomic E-state index is 14.5. The van der Waals surface area contributed by atoms with Crippen LogP contribution in [0.15, 0.2) is 18.2 Å². The number of fused-ring (bicyclic) bond motifs is 1. The van der Waals surface area contributed by atoms with Gasteiger partial charge in [-0.15, -0.1) is 0 Å². The van der Waals surface area contributed by atoms with Crippen LogP contribution in [0.3, 0.4) is 0 Å². The molecule has 0 saturated carbocycles. The standard InChI is InChI=1S/C25H33FN6O3/c1-15(2)32-13-20-22(24(32)34)28-25(31-10-8-30(9-11-31)17(4)33)29-23(20)27-16(3)18-6-7-19(14-35-5)21(26)12-18/h6-7,12,15-16H,8-11,13-14H2,1-5H3,(H,27,28,29). The number of ether oxygens (including phenoxy) is 1. The second-order valence-corrected chi connectivity index (χ2v) is 9.37. The lowest BCUT2D eigenvalue weighted by Crippen LogP contribution is -2.48. The van der Waals surface area contributed by atoms with Gasteiger partial charge in [0, 0.05) is 57.4 Å². The minimum Gasteiger partial charge on any atom is -0.380 e. The van der Waals surface area contributed by atoms with Crippen LogP contribution in [0.2, 0.25) is 0 Å². The first kappa shape index (κ1) is 24.8. The third kappa shape index (κ3) is 5.07. The second kappa shape index (κ2) is 10.2. The third-order valence-electron chi connectivity index (χ3n) is 6.65. The highest BCUT2D eigenvalue weighted by Crippen LogP contribution is 2.32. The van der Waals surface area contributed by atoms with Crippen LogP contribution in [0.5, 0.6) is 0 Å². The minimum atomic E-state index is -0.323. The van der Waals surface area contributed by atoms with Crippen LogP contribution in [0, 0.1) is 5.82 Å². The van der Waals surface area contributed by atoms with Crippen molar-refractivity contribution in [3.8, 4) is 0 Å². The van der Waals surface area contributed by atoms with Crippen molar-refractivity contribution in [1.82, 2.24) is 19.8 Å². The van der Waals surface area contributed by atoms with E-state index in [-0.39, 0.29) is 36.3 Å². The number of hydrogen-bond acceptors (Lipinski definition) is 7. The zero-order chi connectivity index (χ0) is 25.3. The first-order valence-electron chi connectivity index (χ1n) is 12.0. The van der Waals surface area contributed by atoms with Gasteiger partial charge in [0.1, 0.15) is 17.3 Å². The van der Waals surface area contributed by atoms with Crippen molar-refractivity contribution in [3.63, 3.8) is 0 Å². The molecular formula is C25H33FN6O3. The maximum atomic E-state index is 14.5. The van der Waals surface area contributed by atoms with Gasteiger partial charge >= 0.3 is 0 Å². The number of amides is 2. The predicted octanol–water partition coefficient (Wildman–Crippen LogP) is 2.97. The van der Waals surface area contributed by atoms with E-state index in [0.29, 0.717) is 55.7 Å². The van der Waals surface area contributed by atoms with Gasteiger partial charge in [-0.3, -0.25) is 9.59 Å². The molecule has 0 bridgehead atoms. The third-order valence-corrected chi connectivity index (χ3v) is 6.65. The number of benzene rings is 1. The van der Waals surface area contributed by atoms with E-state index in [2.05, 4.69) is 10.3 Å². The number of aromatic nitrogens is 2. The van der Waals surface area contributed by atoms with Crippen molar-refractivity contribution in [2.75, 3.05) is 43.5 Å². The smallest absolute Gasteiger partial charge is 0.273 e. The lowest BCUT2D eigenvalue weighted by atomic mass is 10.1. The van der Waals surface area contributed by atoms with Gasteiger partial charge in [0.25, 0.3) is 5.91 Å². The van der Waals surface area contributed by atoms with Gasteiger partial charge in [-0.1, -0.05) is 12.1 Å². The number of nitrogens with one attached hydrogen (secondary N) is 1. The molecule has 1 aromatic heterocycles. The first-order chi connectivity index (χ1) is 16.7. The zero-order valence-electron chi connectivity index (χ0n) is 21.0. The van der Waals surface area contributed by atoms with Crippen molar-refractivity contribution in [1.29, 1.82) is 0 Å².